The first-order valence-electron chi connectivity index (χ1n) is 7.85. The lowest BCUT2D eigenvalue weighted by Gasteiger charge is -2.09. The van der Waals surface area contributed by atoms with Crippen LogP contribution in [-0.2, 0) is 12.7 Å². The molecule has 0 unspecified atom stereocenters. The fraction of sp³-hybridized carbons (Fsp3) is 0.150. The summed E-state index contributed by atoms with van der Waals surface area (Å²) in [4.78, 5) is 4.30. The minimum Gasteiger partial charge on any atom is -0.314 e. The summed E-state index contributed by atoms with van der Waals surface area (Å²) in [5, 5.41) is 3.06. The number of hydrogen-bond donors (Lipinski definition) is 1. The van der Waals surface area contributed by atoms with Crippen LogP contribution in [0.25, 0.3) is 22.3 Å². The van der Waals surface area contributed by atoms with Gasteiger partial charge in [-0.25, -0.2) is 0 Å². The van der Waals surface area contributed by atoms with Crippen LogP contribution in [0.4, 0.5) is 13.2 Å². The molecular formula is C20H17F3N2. The van der Waals surface area contributed by atoms with Crippen molar-refractivity contribution in [2.24, 2.45) is 0 Å². The third-order valence-electron chi connectivity index (χ3n) is 3.92. The summed E-state index contributed by atoms with van der Waals surface area (Å²) in [5.41, 5.74) is 3.93. The number of nitrogens with zero attached hydrogens (tertiary/aromatic N) is 1. The Hall–Kier alpha value is -2.66. The molecule has 0 spiro atoms. The molecule has 0 aliphatic rings. The average Bonchev–Trinajstić information content (AvgIpc) is 2.62. The van der Waals surface area contributed by atoms with E-state index in [0.29, 0.717) is 6.54 Å². The van der Waals surface area contributed by atoms with E-state index in [1.807, 2.05) is 43.4 Å². The first-order valence-corrected chi connectivity index (χ1v) is 7.85. The molecule has 0 fully saturated rings. The second-order valence-corrected chi connectivity index (χ2v) is 5.72. The molecule has 0 amide bonds. The second-order valence-electron chi connectivity index (χ2n) is 5.72. The third kappa shape index (κ3) is 4.06. The highest BCUT2D eigenvalue weighted by molar-refractivity contribution is 5.73. The maximum Gasteiger partial charge on any atom is 0.416 e. The fourth-order valence-electron chi connectivity index (χ4n) is 2.67. The highest BCUT2D eigenvalue weighted by Gasteiger charge is 2.29. The first kappa shape index (κ1) is 17.2. The van der Waals surface area contributed by atoms with Crippen molar-refractivity contribution in [3.05, 3.63) is 78.1 Å². The maximum absolute atomic E-state index is 12.7. The smallest absolute Gasteiger partial charge is 0.314 e. The van der Waals surface area contributed by atoms with Gasteiger partial charge in [-0.15, -0.1) is 0 Å². The van der Waals surface area contributed by atoms with E-state index in [1.54, 1.807) is 6.20 Å². The summed E-state index contributed by atoms with van der Waals surface area (Å²) in [7, 11) is 1.86. The Morgan fingerprint density at radius 2 is 1.48 bits per heavy atom. The van der Waals surface area contributed by atoms with Gasteiger partial charge in [-0.2, -0.15) is 13.2 Å². The van der Waals surface area contributed by atoms with Gasteiger partial charge < -0.3 is 5.32 Å². The molecule has 0 atom stereocenters. The van der Waals surface area contributed by atoms with E-state index in [-0.39, 0.29) is 0 Å². The van der Waals surface area contributed by atoms with Gasteiger partial charge in [0.1, 0.15) is 0 Å². The molecule has 1 heterocycles. The number of nitrogens with one attached hydrogen (secondary N) is 1. The summed E-state index contributed by atoms with van der Waals surface area (Å²) < 4.78 is 38.1. The quantitative estimate of drug-likeness (QED) is 0.709. The van der Waals surface area contributed by atoms with Gasteiger partial charge in [0.15, 0.2) is 0 Å². The topological polar surface area (TPSA) is 24.9 Å². The van der Waals surface area contributed by atoms with Crippen LogP contribution in [0.1, 0.15) is 11.3 Å². The van der Waals surface area contributed by atoms with Crippen LogP contribution < -0.4 is 5.32 Å². The van der Waals surface area contributed by atoms with E-state index >= 15 is 0 Å². The number of aromatic nitrogens is 1. The van der Waals surface area contributed by atoms with E-state index in [4.69, 9.17) is 0 Å². The number of halogens is 3. The molecule has 3 aromatic rings. The first-order chi connectivity index (χ1) is 12.0. The third-order valence-corrected chi connectivity index (χ3v) is 3.92. The van der Waals surface area contributed by atoms with Crippen LogP contribution in [0.2, 0.25) is 0 Å². The Bertz CT molecular complexity index is 855. The molecular weight excluding hydrogens is 325 g/mol. The molecule has 0 saturated heterocycles. The number of rotatable bonds is 4. The van der Waals surface area contributed by atoms with E-state index in [0.717, 1.165) is 40.1 Å². The predicted octanol–water partition coefficient (Wildman–Crippen LogP) is 5.15. The Kier molecular flexibility index (Phi) is 4.86. The lowest BCUT2D eigenvalue weighted by atomic mass is 9.98. The minimum atomic E-state index is -4.32. The molecule has 5 heteroatoms. The van der Waals surface area contributed by atoms with E-state index in [2.05, 4.69) is 10.3 Å². The van der Waals surface area contributed by atoms with Crippen LogP contribution in [0.15, 0.2) is 66.9 Å². The molecule has 0 radical (unpaired) electrons. The highest BCUT2D eigenvalue weighted by Crippen LogP contribution is 2.32. The molecule has 1 N–H and O–H groups in total. The molecule has 2 aromatic carbocycles. The SMILES string of the molecule is CNCc1cc(-c2cccc(-c3ccc(C(F)(F)F)cc3)c2)ccn1. The Balaban J connectivity index is 1.93. The van der Waals surface area contributed by atoms with Crippen LogP contribution >= 0.6 is 0 Å². The average molecular weight is 342 g/mol. The Labute approximate surface area is 144 Å². The van der Waals surface area contributed by atoms with Crippen molar-refractivity contribution >= 4 is 0 Å². The summed E-state index contributed by atoms with van der Waals surface area (Å²) in [6.45, 7) is 0.673. The van der Waals surface area contributed by atoms with Gasteiger partial charge in [-0.3, -0.25) is 4.98 Å². The molecule has 3 rings (SSSR count). The zero-order valence-corrected chi connectivity index (χ0v) is 13.6. The van der Waals surface area contributed by atoms with Crippen molar-refractivity contribution in [2.75, 3.05) is 7.05 Å². The summed E-state index contributed by atoms with van der Waals surface area (Å²) in [6.07, 6.45) is -2.56. The van der Waals surface area contributed by atoms with E-state index in [9.17, 15) is 13.2 Å². The standard InChI is InChI=1S/C20H17F3N2/c1-24-13-19-12-17(9-10-25-19)16-4-2-3-15(11-16)14-5-7-18(8-6-14)20(21,22)23/h2-12,24H,13H2,1H3. The molecule has 128 valence electrons. The van der Waals surface area contributed by atoms with Gasteiger partial charge >= 0.3 is 6.18 Å². The highest BCUT2D eigenvalue weighted by atomic mass is 19.4. The van der Waals surface area contributed by atoms with Gasteiger partial charge in [-0.05, 0) is 59.6 Å². The van der Waals surface area contributed by atoms with Crippen molar-refractivity contribution < 1.29 is 13.2 Å². The molecule has 1 aromatic heterocycles. The zero-order valence-electron chi connectivity index (χ0n) is 13.6. The minimum absolute atomic E-state index is 0.641. The fourth-order valence-corrected chi connectivity index (χ4v) is 2.67. The Morgan fingerprint density at radius 1 is 0.840 bits per heavy atom. The number of pyridine rings is 1. The molecule has 25 heavy (non-hydrogen) atoms. The van der Waals surface area contributed by atoms with Gasteiger partial charge in [-0.1, -0.05) is 30.3 Å². The van der Waals surface area contributed by atoms with Crippen LogP contribution in [0.3, 0.4) is 0 Å². The predicted molar refractivity (Wildman–Crippen MR) is 92.9 cm³/mol. The maximum atomic E-state index is 12.7. The molecule has 0 aliphatic carbocycles. The van der Waals surface area contributed by atoms with Crippen LogP contribution in [-0.4, -0.2) is 12.0 Å². The molecule has 0 aliphatic heterocycles. The van der Waals surface area contributed by atoms with E-state index in [1.165, 1.54) is 12.1 Å². The Morgan fingerprint density at radius 3 is 2.12 bits per heavy atom. The van der Waals surface area contributed by atoms with Gasteiger partial charge in [0.05, 0.1) is 11.3 Å². The summed E-state index contributed by atoms with van der Waals surface area (Å²) in [6, 6.07) is 16.9. The zero-order chi connectivity index (χ0) is 17.9. The van der Waals surface area contributed by atoms with Crippen molar-refractivity contribution in [3.63, 3.8) is 0 Å². The monoisotopic (exact) mass is 342 g/mol. The van der Waals surface area contributed by atoms with Gasteiger partial charge in [0.2, 0.25) is 0 Å². The number of hydrogen-bond acceptors (Lipinski definition) is 2. The lowest BCUT2D eigenvalue weighted by Crippen LogP contribution is -2.06. The van der Waals surface area contributed by atoms with Gasteiger partial charge in [0.25, 0.3) is 0 Å². The van der Waals surface area contributed by atoms with Crippen LogP contribution in [0.5, 0.6) is 0 Å². The van der Waals surface area contributed by atoms with E-state index < -0.39 is 11.7 Å². The van der Waals surface area contributed by atoms with Crippen molar-refractivity contribution in [3.8, 4) is 22.3 Å². The number of benzene rings is 2. The van der Waals surface area contributed by atoms with Crippen LogP contribution in [0, 0.1) is 0 Å². The summed E-state index contributed by atoms with van der Waals surface area (Å²) >= 11 is 0. The molecule has 2 nitrogen and oxygen atoms in total. The molecule has 0 bridgehead atoms. The normalized spacial score (nSPS) is 11.5. The van der Waals surface area contributed by atoms with Crippen molar-refractivity contribution in [1.29, 1.82) is 0 Å². The molecule has 0 saturated carbocycles. The van der Waals surface area contributed by atoms with Gasteiger partial charge in [0, 0.05) is 12.7 Å². The second kappa shape index (κ2) is 7.07. The largest absolute Gasteiger partial charge is 0.416 e. The lowest BCUT2D eigenvalue weighted by molar-refractivity contribution is -0.137. The summed E-state index contributed by atoms with van der Waals surface area (Å²) in [5.74, 6) is 0. The van der Waals surface area contributed by atoms with Crippen molar-refractivity contribution in [2.45, 2.75) is 12.7 Å². The number of alkyl halides is 3. The van der Waals surface area contributed by atoms with Crippen molar-refractivity contribution in [1.82, 2.24) is 10.3 Å².